The van der Waals surface area contributed by atoms with Gasteiger partial charge in [-0.3, -0.25) is 0 Å². The van der Waals surface area contributed by atoms with Gasteiger partial charge in [0.05, 0.1) is 14.0 Å². The molecule has 0 saturated heterocycles. The minimum Gasteiger partial charge on any atom is -0.207 e. The summed E-state index contributed by atoms with van der Waals surface area (Å²) in [7, 11) is 0. The molecular formula is C11H5Cl4FS. The van der Waals surface area contributed by atoms with Crippen molar-refractivity contribution in [1.29, 1.82) is 0 Å². The van der Waals surface area contributed by atoms with Crippen molar-refractivity contribution >= 4 is 57.7 Å². The van der Waals surface area contributed by atoms with Crippen LogP contribution in [0.25, 0.3) is 0 Å². The Morgan fingerprint density at radius 1 is 1.18 bits per heavy atom. The lowest BCUT2D eigenvalue weighted by Gasteiger charge is -2.11. The summed E-state index contributed by atoms with van der Waals surface area (Å²) in [5.41, 5.74) is 0.780. The van der Waals surface area contributed by atoms with Crippen LogP contribution in [-0.2, 0) is 0 Å². The maximum atomic E-state index is 13.7. The molecular weight excluding hydrogens is 325 g/mol. The second-order valence-corrected chi connectivity index (χ2v) is 6.41. The van der Waals surface area contributed by atoms with Crippen LogP contribution in [0.2, 0.25) is 13.7 Å². The molecule has 2 aromatic rings. The summed E-state index contributed by atoms with van der Waals surface area (Å²) in [4.78, 5) is 0. The lowest BCUT2D eigenvalue weighted by molar-refractivity contribution is 0.612. The molecule has 1 unspecified atom stereocenters. The molecule has 0 aliphatic carbocycles. The lowest BCUT2D eigenvalue weighted by atomic mass is 10.1. The fraction of sp³-hybridized carbons (Fsp3) is 0.0909. The van der Waals surface area contributed by atoms with E-state index in [4.69, 9.17) is 46.4 Å². The molecule has 0 fully saturated rings. The molecule has 0 radical (unpaired) electrons. The van der Waals surface area contributed by atoms with Crippen LogP contribution in [0.4, 0.5) is 4.39 Å². The largest absolute Gasteiger partial charge is 0.207 e. The van der Waals surface area contributed by atoms with Gasteiger partial charge in [0.25, 0.3) is 0 Å². The number of alkyl halides is 1. The highest BCUT2D eigenvalue weighted by Gasteiger charge is 2.22. The average Bonchev–Trinajstić information content (AvgIpc) is 2.57. The van der Waals surface area contributed by atoms with Crippen LogP contribution in [-0.4, -0.2) is 0 Å². The Bertz CT molecular complexity index is 532. The third-order valence-electron chi connectivity index (χ3n) is 2.21. The molecule has 1 aromatic heterocycles. The van der Waals surface area contributed by atoms with Crippen molar-refractivity contribution in [3.63, 3.8) is 0 Å². The van der Waals surface area contributed by atoms with E-state index < -0.39 is 11.2 Å². The van der Waals surface area contributed by atoms with E-state index in [2.05, 4.69) is 0 Å². The van der Waals surface area contributed by atoms with Crippen LogP contribution in [0.5, 0.6) is 0 Å². The molecule has 0 bridgehead atoms. The lowest BCUT2D eigenvalue weighted by Crippen LogP contribution is -1.97. The van der Waals surface area contributed by atoms with Crippen LogP contribution >= 0.6 is 57.7 Å². The molecule has 0 spiro atoms. The molecule has 90 valence electrons. The third-order valence-corrected chi connectivity index (χ3v) is 4.51. The van der Waals surface area contributed by atoms with Crippen molar-refractivity contribution < 1.29 is 4.39 Å². The topological polar surface area (TPSA) is 0 Å². The molecule has 2 rings (SSSR count). The van der Waals surface area contributed by atoms with Crippen molar-refractivity contribution in [3.05, 3.63) is 54.9 Å². The van der Waals surface area contributed by atoms with E-state index in [1.165, 1.54) is 23.5 Å². The normalized spacial score (nSPS) is 12.8. The zero-order valence-corrected chi connectivity index (χ0v) is 12.0. The highest BCUT2D eigenvalue weighted by molar-refractivity contribution is 7.20. The summed E-state index contributed by atoms with van der Waals surface area (Å²) < 4.78 is 14.6. The average molecular weight is 330 g/mol. The predicted octanol–water partition coefficient (Wildman–Crippen LogP) is 6.18. The maximum absolute atomic E-state index is 13.7. The van der Waals surface area contributed by atoms with Crippen LogP contribution in [0.3, 0.4) is 0 Å². The molecule has 0 amide bonds. The minimum atomic E-state index is -0.750. The monoisotopic (exact) mass is 328 g/mol. The Labute approximate surface area is 122 Å². The third kappa shape index (κ3) is 2.72. The van der Waals surface area contributed by atoms with E-state index in [1.807, 2.05) is 0 Å². The zero-order chi connectivity index (χ0) is 12.6. The van der Waals surface area contributed by atoms with Gasteiger partial charge in [-0.15, -0.1) is 22.9 Å². The number of hydrogen-bond acceptors (Lipinski definition) is 1. The predicted molar refractivity (Wildman–Crippen MR) is 73.4 cm³/mol. The van der Waals surface area contributed by atoms with Gasteiger partial charge in [0.2, 0.25) is 0 Å². The second kappa shape index (κ2) is 5.33. The molecule has 6 heteroatoms. The van der Waals surface area contributed by atoms with Gasteiger partial charge in [-0.1, -0.05) is 40.9 Å². The maximum Gasteiger partial charge on any atom is 0.129 e. The van der Waals surface area contributed by atoms with E-state index in [0.717, 1.165) is 0 Å². The Morgan fingerprint density at radius 2 is 1.88 bits per heavy atom. The summed E-state index contributed by atoms with van der Waals surface area (Å²) in [6, 6.07) is 6.03. The summed E-state index contributed by atoms with van der Waals surface area (Å²) >= 11 is 25.1. The molecule has 1 heterocycles. The van der Waals surface area contributed by atoms with Gasteiger partial charge in [-0.05, 0) is 18.2 Å². The second-order valence-electron chi connectivity index (χ2n) is 3.28. The van der Waals surface area contributed by atoms with Gasteiger partial charge in [0, 0.05) is 16.1 Å². The van der Waals surface area contributed by atoms with E-state index >= 15 is 0 Å². The van der Waals surface area contributed by atoms with Crippen molar-refractivity contribution in [1.82, 2.24) is 0 Å². The first kappa shape index (κ1) is 13.4. The molecule has 0 nitrogen and oxygen atoms in total. The quantitative estimate of drug-likeness (QED) is 0.577. The van der Waals surface area contributed by atoms with E-state index in [1.54, 1.807) is 12.1 Å². The smallest absolute Gasteiger partial charge is 0.129 e. The Balaban J connectivity index is 2.51. The van der Waals surface area contributed by atoms with Gasteiger partial charge in [0.15, 0.2) is 0 Å². The van der Waals surface area contributed by atoms with Gasteiger partial charge in [-0.2, -0.15) is 0 Å². The Hall–Kier alpha value is 0.01000. The highest BCUT2D eigenvalue weighted by Crippen LogP contribution is 2.43. The summed E-state index contributed by atoms with van der Waals surface area (Å²) in [5, 5.41) is -0.483. The first-order chi connectivity index (χ1) is 8.00. The summed E-state index contributed by atoms with van der Waals surface area (Å²) in [5.74, 6) is -0.462. The van der Waals surface area contributed by atoms with Crippen molar-refractivity contribution in [2.45, 2.75) is 5.38 Å². The van der Waals surface area contributed by atoms with E-state index in [0.29, 0.717) is 14.2 Å². The van der Waals surface area contributed by atoms with Crippen LogP contribution < -0.4 is 0 Å². The molecule has 0 aliphatic rings. The summed E-state index contributed by atoms with van der Waals surface area (Å²) in [6.07, 6.45) is 0. The minimum absolute atomic E-state index is 0.215. The number of rotatable bonds is 2. The molecule has 0 N–H and O–H groups in total. The van der Waals surface area contributed by atoms with Gasteiger partial charge in [-0.25, -0.2) is 4.39 Å². The number of hydrogen-bond donors (Lipinski definition) is 0. The molecule has 1 atom stereocenters. The van der Waals surface area contributed by atoms with Crippen molar-refractivity contribution in [3.8, 4) is 0 Å². The number of thiophene rings is 1. The Kier molecular flexibility index (Phi) is 4.22. The fourth-order valence-corrected chi connectivity index (χ4v) is 3.81. The molecule has 1 aromatic carbocycles. The Morgan fingerprint density at radius 3 is 2.41 bits per heavy atom. The molecule has 17 heavy (non-hydrogen) atoms. The van der Waals surface area contributed by atoms with Crippen LogP contribution in [0.15, 0.2) is 24.3 Å². The van der Waals surface area contributed by atoms with Crippen molar-refractivity contribution in [2.24, 2.45) is 0 Å². The molecule has 0 saturated carbocycles. The van der Waals surface area contributed by atoms with E-state index in [-0.39, 0.29) is 10.6 Å². The standard InChI is InChI=1S/C11H5Cl4FS/c12-6-2-1-3-7(16)9(6)10(14)5-4-8(13)17-11(5)15/h1-4,10H. The number of benzene rings is 1. The molecule has 0 aliphatic heterocycles. The fourth-order valence-electron chi connectivity index (χ4n) is 1.43. The van der Waals surface area contributed by atoms with Gasteiger partial charge < -0.3 is 0 Å². The first-order valence-corrected chi connectivity index (χ1v) is 6.92. The van der Waals surface area contributed by atoms with Crippen LogP contribution in [0, 0.1) is 5.82 Å². The highest BCUT2D eigenvalue weighted by atomic mass is 35.5. The zero-order valence-electron chi connectivity index (χ0n) is 8.18. The van der Waals surface area contributed by atoms with Gasteiger partial charge >= 0.3 is 0 Å². The first-order valence-electron chi connectivity index (χ1n) is 4.53. The van der Waals surface area contributed by atoms with Gasteiger partial charge in [0.1, 0.15) is 5.82 Å². The van der Waals surface area contributed by atoms with Crippen molar-refractivity contribution in [2.75, 3.05) is 0 Å². The van der Waals surface area contributed by atoms with E-state index in [9.17, 15) is 4.39 Å². The summed E-state index contributed by atoms with van der Waals surface area (Å²) in [6.45, 7) is 0. The van der Waals surface area contributed by atoms with Crippen LogP contribution in [0.1, 0.15) is 16.5 Å². The number of halogens is 5. The SMILES string of the molecule is Fc1cccc(Cl)c1C(Cl)c1cc(Cl)sc1Cl.